The lowest BCUT2D eigenvalue weighted by atomic mass is 9.82. The summed E-state index contributed by atoms with van der Waals surface area (Å²) in [6.45, 7) is 0.844. The van der Waals surface area contributed by atoms with E-state index in [0.717, 1.165) is 37.6 Å². The second kappa shape index (κ2) is 4.84. The number of rotatable bonds is 4. The van der Waals surface area contributed by atoms with Crippen LogP contribution in [0.25, 0.3) is 0 Å². The van der Waals surface area contributed by atoms with Gasteiger partial charge < -0.3 is 10.0 Å². The van der Waals surface area contributed by atoms with Gasteiger partial charge in [0, 0.05) is 20.0 Å². The van der Waals surface area contributed by atoms with Crippen LogP contribution < -0.4 is 0 Å². The Labute approximate surface area is 110 Å². The van der Waals surface area contributed by atoms with Crippen LogP contribution in [0, 0.1) is 23.7 Å². The maximum absolute atomic E-state index is 12.2. The van der Waals surface area contributed by atoms with E-state index in [0.29, 0.717) is 17.7 Å². The molecule has 3 atom stereocenters. The van der Waals surface area contributed by atoms with Crippen LogP contribution in [0.5, 0.6) is 0 Å². The molecule has 0 aliphatic heterocycles. The van der Waals surface area contributed by atoms with E-state index in [-0.39, 0.29) is 6.10 Å². The lowest BCUT2D eigenvalue weighted by Crippen LogP contribution is -2.40. The van der Waals surface area contributed by atoms with Gasteiger partial charge in [0.05, 0.1) is 6.10 Å². The zero-order valence-electron chi connectivity index (χ0n) is 11.3. The molecule has 0 aromatic carbocycles. The van der Waals surface area contributed by atoms with Crippen molar-refractivity contribution in [2.45, 2.75) is 51.0 Å². The number of fused-ring (bicyclic) bond motifs is 2. The van der Waals surface area contributed by atoms with Gasteiger partial charge in [0.25, 0.3) is 0 Å². The Morgan fingerprint density at radius 3 is 2.56 bits per heavy atom. The summed E-state index contributed by atoms with van der Waals surface area (Å²) < 4.78 is 0. The number of aliphatic hydroxyl groups is 1. The van der Waals surface area contributed by atoms with Crippen LogP contribution in [0.1, 0.15) is 44.9 Å². The molecule has 1 amide bonds. The Kier molecular flexibility index (Phi) is 3.35. The third kappa shape index (κ3) is 2.42. The first kappa shape index (κ1) is 12.5. The second-order valence-electron chi connectivity index (χ2n) is 6.90. The van der Waals surface area contributed by atoms with Crippen molar-refractivity contribution in [1.29, 1.82) is 0 Å². The lowest BCUT2D eigenvalue weighted by Gasteiger charge is -2.35. The summed E-state index contributed by atoms with van der Waals surface area (Å²) in [5.74, 6) is 3.31. The molecule has 1 N–H and O–H groups in total. The summed E-state index contributed by atoms with van der Waals surface area (Å²) in [4.78, 5) is 14.1. The molecular weight excluding hydrogens is 226 g/mol. The highest BCUT2D eigenvalue weighted by molar-refractivity contribution is 5.76. The average molecular weight is 251 g/mol. The third-order valence-electron chi connectivity index (χ3n) is 5.49. The van der Waals surface area contributed by atoms with Gasteiger partial charge in [-0.25, -0.2) is 0 Å². The summed E-state index contributed by atoms with van der Waals surface area (Å²) >= 11 is 0. The third-order valence-corrected chi connectivity index (χ3v) is 5.49. The number of carbonyl (C=O) groups excluding carboxylic acids is 1. The van der Waals surface area contributed by atoms with Crippen molar-refractivity contribution in [2.24, 2.45) is 23.7 Å². The number of carbonyl (C=O) groups is 1. The minimum absolute atomic E-state index is 0.107. The van der Waals surface area contributed by atoms with Crippen LogP contribution >= 0.6 is 0 Å². The Bertz CT molecular complexity index is 324. The molecule has 102 valence electrons. The van der Waals surface area contributed by atoms with Gasteiger partial charge in [-0.05, 0) is 55.8 Å². The standard InChI is InChI=1S/C15H25NO2/c1-16(9-11-6-14(17)7-11)15(18)8-13-5-10-2-3-12(13)4-10/h10-14,17H,2-9H2,1H3. The summed E-state index contributed by atoms with van der Waals surface area (Å²) in [5, 5.41) is 9.27. The van der Waals surface area contributed by atoms with Crippen LogP contribution in [0.2, 0.25) is 0 Å². The minimum atomic E-state index is -0.107. The normalized spacial score (nSPS) is 41.8. The van der Waals surface area contributed by atoms with E-state index >= 15 is 0 Å². The van der Waals surface area contributed by atoms with Crippen LogP contribution in [0.4, 0.5) is 0 Å². The van der Waals surface area contributed by atoms with Gasteiger partial charge in [-0.2, -0.15) is 0 Å². The smallest absolute Gasteiger partial charge is 0.222 e. The Morgan fingerprint density at radius 2 is 2.00 bits per heavy atom. The first-order chi connectivity index (χ1) is 8.61. The van der Waals surface area contributed by atoms with Gasteiger partial charge in [0.15, 0.2) is 0 Å². The second-order valence-corrected chi connectivity index (χ2v) is 6.90. The van der Waals surface area contributed by atoms with Crippen LogP contribution in [0.3, 0.4) is 0 Å². The van der Waals surface area contributed by atoms with Crippen molar-refractivity contribution < 1.29 is 9.90 Å². The number of nitrogens with zero attached hydrogens (tertiary/aromatic N) is 1. The van der Waals surface area contributed by atoms with E-state index in [1.54, 1.807) is 0 Å². The van der Waals surface area contributed by atoms with Crippen molar-refractivity contribution in [3.05, 3.63) is 0 Å². The number of amides is 1. The highest BCUT2D eigenvalue weighted by atomic mass is 16.3. The SMILES string of the molecule is CN(CC1CC(O)C1)C(=O)CC1CC2CCC1C2. The van der Waals surface area contributed by atoms with Gasteiger partial charge in [-0.15, -0.1) is 0 Å². The zero-order chi connectivity index (χ0) is 12.7. The van der Waals surface area contributed by atoms with Gasteiger partial charge in [-0.1, -0.05) is 6.42 Å². The Balaban J connectivity index is 1.43. The Morgan fingerprint density at radius 1 is 1.22 bits per heavy atom. The summed E-state index contributed by atoms with van der Waals surface area (Å²) in [7, 11) is 1.93. The molecule has 3 aliphatic rings. The van der Waals surface area contributed by atoms with E-state index in [2.05, 4.69) is 0 Å². The summed E-state index contributed by atoms with van der Waals surface area (Å²) in [6, 6.07) is 0. The molecule has 3 rings (SSSR count). The molecular formula is C15H25NO2. The fraction of sp³-hybridized carbons (Fsp3) is 0.933. The van der Waals surface area contributed by atoms with Gasteiger partial charge in [0.2, 0.25) is 5.91 Å². The molecule has 3 heteroatoms. The molecule has 0 aromatic heterocycles. The molecule has 0 spiro atoms. The average Bonchev–Trinajstić information content (AvgIpc) is 2.88. The predicted octanol–water partition coefficient (Wildman–Crippen LogP) is 2.04. The molecule has 3 fully saturated rings. The van der Waals surface area contributed by atoms with Gasteiger partial charge >= 0.3 is 0 Å². The molecule has 0 saturated heterocycles. The zero-order valence-corrected chi connectivity index (χ0v) is 11.3. The highest BCUT2D eigenvalue weighted by Gasteiger charge is 2.40. The largest absolute Gasteiger partial charge is 0.393 e. The van der Waals surface area contributed by atoms with Crippen molar-refractivity contribution >= 4 is 5.91 Å². The summed E-state index contributed by atoms with van der Waals surface area (Å²) in [6.07, 6.45) is 7.88. The maximum atomic E-state index is 12.2. The quantitative estimate of drug-likeness (QED) is 0.830. The molecule has 3 unspecified atom stereocenters. The van der Waals surface area contributed by atoms with E-state index in [1.165, 1.54) is 25.7 Å². The van der Waals surface area contributed by atoms with Crippen LogP contribution in [-0.4, -0.2) is 35.6 Å². The first-order valence-corrected chi connectivity index (χ1v) is 7.54. The van der Waals surface area contributed by atoms with E-state index in [9.17, 15) is 9.90 Å². The molecule has 18 heavy (non-hydrogen) atoms. The Hall–Kier alpha value is -0.570. The van der Waals surface area contributed by atoms with Crippen LogP contribution in [-0.2, 0) is 4.79 Å². The maximum Gasteiger partial charge on any atom is 0.222 e. The van der Waals surface area contributed by atoms with E-state index in [4.69, 9.17) is 0 Å². The molecule has 0 radical (unpaired) electrons. The minimum Gasteiger partial charge on any atom is -0.393 e. The van der Waals surface area contributed by atoms with E-state index < -0.39 is 0 Å². The first-order valence-electron chi connectivity index (χ1n) is 7.54. The van der Waals surface area contributed by atoms with Crippen LogP contribution in [0.15, 0.2) is 0 Å². The monoisotopic (exact) mass is 251 g/mol. The highest BCUT2D eigenvalue weighted by Crippen LogP contribution is 2.49. The molecule has 3 saturated carbocycles. The molecule has 0 heterocycles. The molecule has 3 nitrogen and oxygen atoms in total. The van der Waals surface area contributed by atoms with Crippen molar-refractivity contribution in [2.75, 3.05) is 13.6 Å². The lowest BCUT2D eigenvalue weighted by molar-refractivity contribution is -0.132. The molecule has 0 aromatic rings. The molecule has 3 aliphatic carbocycles. The number of hydrogen-bond acceptors (Lipinski definition) is 2. The summed E-state index contributed by atoms with van der Waals surface area (Å²) in [5.41, 5.74) is 0. The fourth-order valence-corrected chi connectivity index (χ4v) is 4.35. The topological polar surface area (TPSA) is 40.5 Å². The van der Waals surface area contributed by atoms with Gasteiger partial charge in [0.1, 0.15) is 0 Å². The van der Waals surface area contributed by atoms with E-state index in [1.807, 2.05) is 11.9 Å². The van der Waals surface area contributed by atoms with Gasteiger partial charge in [-0.3, -0.25) is 4.79 Å². The number of hydrogen-bond donors (Lipinski definition) is 1. The fourth-order valence-electron chi connectivity index (χ4n) is 4.35. The van der Waals surface area contributed by atoms with Crippen molar-refractivity contribution in [1.82, 2.24) is 4.90 Å². The molecule has 2 bridgehead atoms. The number of aliphatic hydroxyl groups excluding tert-OH is 1. The van der Waals surface area contributed by atoms with Crippen molar-refractivity contribution in [3.63, 3.8) is 0 Å². The van der Waals surface area contributed by atoms with Crippen molar-refractivity contribution in [3.8, 4) is 0 Å². The predicted molar refractivity (Wildman–Crippen MR) is 69.9 cm³/mol.